The first-order valence-corrected chi connectivity index (χ1v) is 10.8. The molecule has 0 saturated carbocycles. The summed E-state index contributed by atoms with van der Waals surface area (Å²) in [6.07, 6.45) is 5.70. The molecule has 0 unspecified atom stereocenters. The van der Waals surface area contributed by atoms with Crippen molar-refractivity contribution < 1.29 is 9.53 Å². The maximum absolute atomic E-state index is 12.4. The van der Waals surface area contributed by atoms with Crippen LogP contribution in [0.3, 0.4) is 0 Å². The van der Waals surface area contributed by atoms with Gasteiger partial charge in [-0.05, 0) is 18.6 Å². The number of halogens is 2. The highest BCUT2D eigenvalue weighted by Crippen LogP contribution is 2.35. The molecule has 0 radical (unpaired) electrons. The highest BCUT2D eigenvalue weighted by molar-refractivity contribution is 7.15. The minimum atomic E-state index is -0.337. The van der Waals surface area contributed by atoms with Crippen molar-refractivity contribution in [2.45, 2.75) is 58.8 Å². The van der Waals surface area contributed by atoms with Crippen LogP contribution in [0.2, 0.25) is 10.0 Å². The number of nitrogens with zero attached hydrogens (tertiary/aromatic N) is 2. The van der Waals surface area contributed by atoms with E-state index < -0.39 is 0 Å². The Morgan fingerprint density at radius 3 is 2.41 bits per heavy atom. The minimum absolute atomic E-state index is 0.260. The fraction of sp³-hybridized carbons (Fsp3) is 0.526. The van der Waals surface area contributed by atoms with Crippen molar-refractivity contribution >= 4 is 45.6 Å². The van der Waals surface area contributed by atoms with Gasteiger partial charge in [-0.2, -0.15) is 0 Å². The maximum Gasteiger partial charge on any atom is 0.257 e. The van der Waals surface area contributed by atoms with Crippen LogP contribution in [-0.4, -0.2) is 22.7 Å². The van der Waals surface area contributed by atoms with E-state index in [0.29, 0.717) is 33.1 Å². The van der Waals surface area contributed by atoms with Gasteiger partial charge in [0.15, 0.2) is 5.75 Å². The summed E-state index contributed by atoms with van der Waals surface area (Å²) in [7, 11) is 0. The number of rotatable bonds is 10. The van der Waals surface area contributed by atoms with Crippen LogP contribution in [0.4, 0.5) is 5.13 Å². The number of aromatic nitrogens is 2. The molecule has 0 aliphatic rings. The SMILES string of the molecule is CCCCCCCOc1c(Cl)cc(C(=O)Nc2nnc(C(C)C)s2)cc1Cl. The molecule has 1 heterocycles. The van der Waals surface area contributed by atoms with E-state index in [-0.39, 0.29) is 11.8 Å². The lowest BCUT2D eigenvalue weighted by atomic mass is 10.2. The van der Waals surface area contributed by atoms with Gasteiger partial charge in [0.1, 0.15) is 5.01 Å². The highest BCUT2D eigenvalue weighted by Gasteiger charge is 2.16. The van der Waals surface area contributed by atoms with Crippen LogP contribution in [0.1, 0.15) is 74.2 Å². The molecule has 0 fully saturated rings. The van der Waals surface area contributed by atoms with E-state index in [2.05, 4.69) is 22.4 Å². The fourth-order valence-electron chi connectivity index (χ4n) is 2.40. The van der Waals surface area contributed by atoms with Gasteiger partial charge in [0, 0.05) is 11.5 Å². The molecule has 2 aromatic rings. The predicted octanol–water partition coefficient (Wildman–Crippen LogP) is 6.57. The van der Waals surface area contributed by atoms with Gasteiger partial charge in [0.25, 0.3) is 5.91 Å². The first kappa shape index (κ1) is 21.9. The fourth-order valence-corrected chi connectivity index (χ4v) is 3.73. The van der Waals surface area contributed by atoms with Crippen molar-refractivity contribution in [1.29, 1.82) is 0 Å². The Bertz CT molecular complexity index is 742. The molecule has 0 saturated heterocycles. The Balaban J connectivity index is 1.96. The van der Waals surface area contributed by atoms with Crippen LogP contribution in [0, 0.1) is 0 Å². The quantitative estimate of drug-likeness (QED) is 0.433. The first-order chi connectivity index (χ1) is 12.9. The summed E-state index contributed by atoms with van der Waals surface area (Å²) < 4.78 is 5.71. The summed E-state index contributed by atoms with van der Waals surface area (Å²) in [4.78, 5) is 12.4. The number of unbranched alkanes of at least 4 members (excludes halogenated alkanes) is 4. The summed E-state index contributed by atoms with van der Waals surface area (Å²) in [5, 5.41) is 12.7. The van der Waals surface area contributed by atoms with Gasteiger partial charge >= 0.3 is 0 Å². The average Bonchev–Trinajstić information content (AvgIpc) is 3.08. The molecule has 0 spiro atoms. The summed E-state index contributed by atoms with van der Waals surface area (Å²) >= 11 is 13.9. The zero-order chi connectivity index (χ0) is 19.8. The van der Waals surface area contributed by atoms with Crippen molar-refractivity contribution in [2.75, 3.05) is 11.9 Å². The Labute approximate surface area is 174 Å². The van der Waals surface area contributed by atoms with Crippen LogP contribution < -0.4 is 10.1 Å². The lowest BCUT2D eigenvalue weighted by Crippen LogP contribution is -2.12. The van der Waals surface area contributed by atoms with Gasteiger partial charge in [-0.25, -0.2) is 0 Å². The van der Waals surface area contributed by atoms with E-state index in [0.717, 1.165) is 17.8 Å². The largest absolute Gasteiger partial charge is 0.490 e. The molecule has 1 N–H and O–H groups in total. The maximum atomic E-state index is 12.4. The van der Waals surface area contributed by atoms with Gasteiger partial charge in [-0.1, -0.05) is 81.0 Å². The molecular weight excluding hydrogens is 405 g/mol. The van der Waals surface area contributed by atoms with E-state index in [1.165, 1.54) is 30.6 Å². The Morgan fingerprint density at radius 2 is 1.81 bits per heavy atom. The van der Waals surface area contributed by atoms with E-state index in [1.807, 2.05) is 13.8 Å². The first-order valence-electron chi connectivity index (χ1n) is 9.19. The number of carbonyl (C=O) groups excluding carboxylic acids is 1. The van der Waals surface area contributed by atoms with E-state index in [1.54, 1.807) is 12.1 Å². The Morgan fingerprint density at radius 1 is 1.15 bits per heavy atom. The Kier molecular flexibility index (Phi) is 8.80. The molecule has 148 valence electrons. The molecule has 0 aliphatic carbocycles. The van der Waals surface area contributed by atoms with Crippen LogP contribution in [0.5, 0.6) is 5.75 Å². The third kappa shape index (κ3) is 6.63. The molecular formula is C19H25Cl2N3O2S. The van der Waals surface area contributed by atoms with E-state index in [9.17, 15) is 4.79 Å². The van der Waals surface area contributed by atoms with Crippen LogP contribution in [0.15, 0.2) is 12.1 Å². The van der Waals surface area contributed by atoms with E-state index in [4.69, 9.17) is 27.9 Å². The molecule has 5 nitrogen and oxygen atoms in total. The van der Waals surface area contributed by atoms with Crippen LogP contribution in [-0.2, 0) is 0 Å². The van der Waals surface area contributed by atoms with Crippen LogP contribution in [0.25, 0.3) is 0 Å². The average molecular weight is 430 g/mol. The van der Waals surface area contributed by atoms with Crippen molar-refractivity contribution in [1.82, 2.24) is 10.2 Å². The lowest BCUT2D eigenvalue weighted by molar-refractivity contribution is 0.102. The molecule has 8 heteroatoms. The normalized spacial score (nSPS) is 11.0. The Hall–Kier alpha value is -1.37. The topological polar surface area (TPSA) is 64.1 Å². The van der Waals surface area contributed by atoms with Gasteiger partial charge in [-0.15, -0.1) is 10.2 Å². The summed E-state index contributed by atoms with van der Waals surface area (Å²) in [6, 6.07) is 3.11. The van der Waals surface area contributed by atoms with Gasteiger partial charge in [-0.3, -0.25) is 10.1 Å². The van der Waals surface area contributed by atoms with Gasteiger partial charge in [0.05, 0.1) is 16.7 Å². The number of amides is 1. The molecule has 27 heavy (non-hydrogen) atoms. The molecule has 2 rings (SSSR count). The number of nitrogens with one attached hydrogen (secondary N) is 1. The minimum Gasteiger partial charge on any atom is -0.490 e. The molecule has 1 aromatic heterocycles. The number of carbonyl (C=O) groups is 1. The smallest absolute Gasteiger partial charge is 0.257 e. The molecule has 0 atom stereocenters. The third-order valence-electron chi connectivity index (χ3n) is 3.91. The van der Waals surface area contributed by atoms with Gasteiger partial charge in [0.2, 0.25) is 5.13 Å². The molecule has 0 bridgehead atoms. The van der Waals surface area contributed by atoms with E-state index >= 15 is 0 Å². The number of hydrogen-bond donors (Lipinski definition) is 1. The second-order valence-electron chi connectivity index (χ2n) is 6.59. The standard InChI is InChI=1S/C19H25Cl2N3O2S/c1-4-5-6-7-8-9-26-16-14(20)10-13(11-15(16)21)17(25)22-19-24-23-18(27-19)12(2)3/h10-12H,4-9H2,1-3H3,(H,22,24,25). The number of ether oxygens (including phenoxy) is 1. The van der Waals surface area contributed by atoms with Crippen molar-refractivity contribution in [3.63, 3.8) is 0 Å². The van der Waals surface area contributed by atoms with Gasteiger partial charge < -0.3 is 4.74 Å². The third-order valence-corrected chi connectivity index (χ3v) is 5.61. The second kappa shape index (κ2) is 10.8. The molecule has 1 aromatic carbocycles. The highest BCUT2D eigenvalue weighted by atomic mass is 35.5. The zero-order valence-corrected chi connectivity index (χ0v) is 18.2. The van der Waals surface area contributed by atoms with Crippen molar-refractivity contribution in [3.05, 3.63) is 32.7 Å². The number of hydrogen-bond acceptors (Lipinski definition) is 5. The second-order valence-corrected chi connectivity index (χ2v) is 8.41. The zero-order valence-electron chi connectivity index (χ0n) is 15.8. The van der Waals surface area contributed by atoms with Crippen molar-refractivity contribution in [2.24, 2.45) is 0 Å². The molecule has 1 amide bonds. The molecule has 0 aliphatic heterocycles. The lowest BCUT2D eigenvalue weighted by Gasteiger charge is -2.11. The predicted molar refractivity (Wildman–Crippen MR) is 113 cm³/mol. The summed E-state index contributed by atoms with van der Waals surface area (Å²) in [6.45, 7) is 6.78. The summed E-state index contributed by atoms with van der Waals surface area (Å²) in [5.74, 6) is 0.343. The monoisotopic (exact) mass is 429 g/mol. The number of anilines is 1. The van der Waals surface area contributed by atoms with Crippen LogP contribution >= 0.6 is 34.5 Å². The van der Waals surface area contributed by atoms with Crippen molar-refractivity contribution in [3.8, 4) is 5.75 Å². The summed E-state index contributed by atoms with van der Waals surface area (Å²) in [5.41, 5.74) is 0.349. The number of benzene rings is 1.